The summed E-state index contributed by atoms with van der Waals surface area (Å²) in [6.07, 6.45) is 0. The van der Waals surface area contributed by atoms with Crippen molar-refractivity contribution in [3.05, 3.63) is 0 Å². The van der Waals surface area contributed by atoms with Crippen molar-refractivity contribution in [2.24, 2.45) is 5.14 Å². The van der Waals surface area contributed by atoms with Crippen LogP contribution in [0.25, 0.3) is 0 Å². The molecular weight excluding hydrogens is 130 g/mol. The van der Waals surface area contributed by atoms with Gasteiger partial charge in [0.25, 0.3) is 0 Å². The van der Waals surface area contributed by atoms with Gasteiger partial charge in [0.05, 0.1) is 5.25 Å². The zero-order chi connectivity index (χ0) is 5.86. The first-order valence-electron chi connectivity index (χ1n) is 1.77. The van der Waals surface area contributed by atoms with Crippen molar-refractivity contribution in [3.8, 4) is 0 Å². The highest BCUT2D eigenvalue weighted by atomic mass is 32.2. The third-order valence-corrected chi connectivity index (χ3v) is 1.74. The predicted octanol–water partition coefficient (Wildman–Crippen LogP) is 0.438. The highest BCUT2D eigenvalue weighted by Crippen LogP contribution is 2.03. The second-order valence-electron chi connectivity index (χ2n) is 1.12. The average molecular weight is 137 g/mol. The molecule has 0 aliphatic carbocycles. The fourth-order valence-electron chi connectivity index (χ4n) is 0.0582. The van der Waals surface area contributed by atoms with Crippen LogP contribution in [0.5, 0.6) is 0 Å². The zero-order valence-corrected chi connectivity index (χ0v) is 5.63. The molecule has 0 bridgehead atoms. The van der Waals surface area contributed by atoms with Gasteiger partial charge in [0.2, 0.25) is 0 Å². The molecule has 0 spiro atoms. The number of hydrogen-bond donors (Lipinski definition) is 2. The average Bonchev–Trinajstić information content (AvgIpc) is 1.65. The third kappa shape index (κ3) is 2.96. The summed E-state index contributed by atoms with van der Waals surface area (Å²) in [6, 6.07) is 0. The summed E-state index contributed by atoms with van der Waals surface area (Å²) in [6.45, 7) is 1.71. The van der Waals surface area contributed by atoms with Gasteiger partial charge in [-0.2, -0.15) is 0 Å². The van der Waals surface area contributed by atoms with Crippen molar-refractivity contribution in [1.29, 1.82) is 0 Å². The number of carbonyl (C=O) groups is 1. The fraction of sp³-hybridized carbons (Fsp3) is 0.667. The lowest BCUT2D eigenvalue weighted by molar-refractivity contribution is -0.110. The van der Waals surface area contributed by atoms with Gasteiger partial charge >= 0.3 is 0 Å². The van der Waals surface area contributed by atoms with E-state index in [9.17, 15) is 4.79 Å². The molecule has 0 amide bonds. The number of rotatable bonds is 2. The molecule has 0 radical (unpaired) electrons. The molecule has 0 aromatic carbocycles. The highest BCUT2D eigenvalue weighted by Gasteiger charge is 2.04. The van der Waals surface area contributed by atoms with Crippen LogP contribution >= 0.6 is 24.6 Å². The lowest BCUT2D eigenvalue weighted by Gasteiger charge is -1.96. The minimum Gasteiger partial charge on any atom is -0.286 e. The van der Waals surface area contributed by atoms with E-state index in [1.807, 2.05) is 0 Å². The molecule has 0 heterocycles. The van der Waals surface area contributed by atoms with Crippen LogP contribution in [0.4, 0.5) is 0 Å². The summed E-state index contributed by atoms with van der Waals surface area (Å²) < 4.78 is 0. The molecule has 2 nitrogen and oxygen atoms in total. The summed E-state index contributed by atoms with van der Waals surface area (Å²) in [7, 11) is 0. The first-order chi connectivity index (χ1) is 3.18. The molecular formula is C3H7NOS2. The molecule has 0 aromatic heterocycles. The number of carbonyl (C=O) groups excluding carboxylic acids is 1. The summed E-state index contributed by atoms with van der Waals surface area (Å²) in [5, 5.41) is 4.67. The van der Waals surface area contributed by atoms with E-state index in [0.29, 0.717) is 0 Å². The molecule has 0 aromatic rings. The smallest absolute Gasteiger partial charge is 0.199 e. The minimum absolute atomic E-state index is 0.174. The molecule has 0 saturated carbocycles. The third-order valence-electron chi connectivity index (χ3n) is 0.552. The maximum absolute atomic E-state index is 10.1. The first kappa shape index (κ1) is 7.33. The van der Waals surface area contributed by atoms with E-state index < -0.39 is 0 Å². The Bertz CT molecular complexity index is 75.3. The molecule has 1 atom stereocenters. The monoisotopic (exact) mass is 137 g/mol. The van der Waals surface area contributed by atoms with E-state index in [0.717, 1.165) is 11.9 Å². The molecule has 42 valence electrons. The van der Waals surface area contributed by atoms with Gasteiger partial charge in [-0.15, -0.1) is 12.6 Å². The lowest BCUT2D eigenvalue weighted by Crippen LogP contribution is -2.07. The Balaban J connectivity index is 3.34. The standard InChI is InChI=1S/C3H7NOS2/c1-2(7-4)3(5)6/h2H,4H2,1H3,(H,5,6). The van der Waals surface area contributed by atoms with E-state index in [4.69, 9.17) is 5.14 Å². The Morgan fingerprint density at radius 3 is 2.43 bits per heavy atom. The molecule has 2 N–H and O–H groups in total. The maximum Gasteiger partial charge on any atom is 0.199 e. The summed E-state index contributed by atoms with van der Waals surface area (Å²) in [4.78, 5) is 10.1. The fourth-order valence-corrected chi connectivity index (χ4v) is 0.357. The van der Waals surface area contributed by atoms with Gasteiger partial charge in [-0.3, -0.25) is 9.93 Å². The number of thiol groups is 1. The van der Waals surface area contributed by atoms with Gasteiger partial charge in [-0.1, -0.05) is 11.9 Å². The number of nitrogens with two attached hydrogens (primary N) is 1. The molecule has 0 rings (SSSR count). The van der Waals surface area contributed by atoms with Gasteiger partial charge in [0.1, 0.15) is 0 Å². The van der Waals surface area contributed by atoms with Crippen molar-refractivity contribution in [1.82, 2.24) is 0 Å². The van der Waals surface area contributed by atoms with E-state index >= 15 is 0 Å². The largest absolute Gasteiger partial charge is 0.286 e. The quantitative estimate of drug-likeness (QED) is 0.428. The summed E-state index contributed by atoms with van der Waals surface area (Å²) in [5.41, 5.74) is 0. The van der Waals surface area contributed by atoms with Gasteiger partial charge in [-0.05, 0) is 6.92 Å². The van der Waals surface area contributed by atoms with Crippen molar-refractivity contribution in [2.45, 2.75) is 12.2 Å². The van der Waals surface area contributed by atoms with Crippen LogP contribution in [0.3, 0.4) is 0 Å². The van der Waals surface area contributed by atoms with Crippen molar-refractivity contribution >= 4 is 29.7 Å². The van der Waals surface area contributed by atoms with Crippen molar-refractivity contribution in [3.63, 3.8) is 0 Å². The Kier molecular flexibility index (Phi) is 3.50. The van der Waals surface area contributed by atoms with Crippen LogP contribution in [-0.4, -0.2) is 10.4 Å². The van der Waals surface area contributed by atoms with E-state index in [-0.39, 0.29) is 10.4 Å². The Hall–Kier alpha value is 0.330. The van der Waals surface area contributed by atoms with Crippen LogP contribution < -0.4 is 5.14 Å². The predicted molar refractivity (Wildman–Crippen MR) is 35.2 cm³/mol. The highest BCUT2D eigenvalue weighted by molar-refractivity contribution is 8.04. The van der Waals surface area contributed by atoms with Crippen LogP contribution in [0.2, 0.25) is 0 Å². The molecule has 4 heteroatoms. The summed E-state index contributed by atoms with van der Waals surface area (Å²) in [5.74, 6) is 0. The molecule has 7 heavy (non-hydrogen) atoms. The van der Waals surface area contributed by atoms with Crippen LogP contribution in [-0.2, 0) is 4.79 Å². The zero-order valence-electron chi connectivity index (χ0n) is 3.92. The SMILES string of the molecule is CC(SN)C(=O)S. The van der Waals surface area contributed by atoms with Gasteiger partial charge < -0.3 is 0 Å². The van der Waals surface area contributed by atoms with Crippen molar-refractivity contribution < 1.29 is 4.79 Å². The lowest BCUT2D eigenvalue weighted by atomic mass is 10.5. The second-order valence-corrected chi connectivity index (χ2v) is 2.54. The Morgan fingerprint density at radius 1 is 2.00 bits per heavy atom. The van der Waals surface area contributed by atoms with Crippen molar-refractivity contribution in [2.75, 3.05) is 0 Å². The topological polar surface area (TPSA) is 43.1 Å². The molecule has 0 aliphatic heterocycles. The van der Waals surface area contributed by atoms with E-state index in [1.54, 1.807) is 6.92 Å². The van der Waals surface area contributed by atoms with Crippen LogP contribution in [0, 0.1) is 0 Å². The molecule has 1 unspecified atom stereocenters. The Labute approximate surface area is 52.4 Å². The Morgan fingerprint density at radius 2 is 2.43 bits per heavy atom. The van der Waals surface area contributed by atoms with Gasteiger partial charge in [0.15, 0.2) is 5.12 Å². The van der Waals surface area contributed by atoms with Gasteiger partial charge in [-0.25, -0.2) is 0 Å². The van der Waals surface area contributed by atoms with E-state index in [1.165, 1.54) is 0 Å². The normalized spacial score (nSPS) is 13.6. The first-order valence-corrected chi connectivity index (χ1v) is 3.16. The maximum atomic E-state index is 10.1. The minimum atomic E-state index is -0.177. The van der Waals surface area contributed by atoms with Gasteiger partial charge in [0, 0.05) is 0 Å². The van der Waals surface area contributed by atoms with E-state index in [2.05, 4.69) is 12.6 Å². The van der Waals surface area contributed by atoms with Crippen LogP contribution in [0.1, 0.15) is 6.92 Å². The summed E-state index contributed by atoms with van der Waals surface area (Å²) >= 11 is 4.54. The molecule has 0 saturated heterocycles. The molecule has 0 fully saturated rings. The molecule has 0 aliphatic rings. The number of hydrogen-bond acceptors (Lipinski definition) is 3. The van der Waals surface area contributed by atoms with Crippen LogP contribution in [0.15, 0.2) is 0 Å². The second kappa shape index (κ2) is 3.35.